The summed E-state index contributed by atoms with van der Waals surface area (Å²) in [7, 11) is 0. The van der Waals surface area contributed by atoms with Crippen molar-refractivity contribution >= 4 is 22.7 Å². The lowest BCUT2D eigenvalue weighted by atomic mass is 10.2. The molecule has 122 valence electrons. The van der Waals surface area contributed by atoms with E-state index in [1.807, 2.05) is 19.1 Å². The third kappa shape index (κ3) is 3.12. The number of rotatable bonds is 4. The number of fused-ring (bicyclic) bond motifs is 1. The Morgan fingerprint density at radius 1 is 1.29 bits per heavy atom. The lowest BCUT2D eigenvalue weighted by molar-refractivity contribution is 0.615. The normalized spacial score (nSPS) is 11.0. The Kier molecular flexibility index (Phi) is 4.53. The number of aryl methyl sites for hydroxylation is 1. The molecule has 5 heteroatoms. The highest BCUT2D eigenvalue weighted by Crippen LogP contribution is 2.23. The maximum atomic E-state index is 14.0. The molecular weight excluding hydrogens is 323 g/mol. The first kappa shape index (κ1) is 16.5. The van der Waals surface area contributed by atoms with Gasteiger partial charge in [0.1, 0.15) is 5.82 Å². The Morgan fingerprint density at radius 3 is 2.75 bits per heavy atom. The van der Waals surface area contributed by atoms with E-state index in [1.165, 1.54) is 22.4 Å². The van der Waals surface area contributed by atoms with Gasteiger partial charge in [-0.05, 0) is 43.7 Å². The van der Waals surface area contributed by atoms with E-state index in [4.69, 9.17) is 0 Å². The van der Waals surface area contributed by atoms with E-state index in [9.17, 15) is 9.18 Å². The maximum absolute atomic E-state index is 14.0. The quantitative estimate of drug-likeness (QED) is 0.398. The highest BCUT2D eigenvalue weighted by Gasteiger charge is 2.14. The number of hydrogen-bond acceptors (Lipinski definition) is 3. The predicted molar refractivity (Wildman–Crippen MR) is 97.6 cm³/mol. The first-order valence-electron chi connectivity index (χ1n) is 7.53. The first-order chi connectivity index (χ1) is 11.5. The Hall–Kier alpha value is -2.40. The van der Waals surface area contributed by atoms with Crippen molar-refractivity contribution in [2.45, 2.75) is 19.0 Å². The molecule has 0 N–H and O–H groups in total. The average Bonchev–Trinajstić information content (AvgIpc) is 2.56. The molecule has 0 bridgehead atoms. The van der Waals surface area contributed by atoms with Crippen molar-refractivity contribution in [2.24, 2.45) is 0 Å². The molecule has 0 spiro atoms. The molecule has 1 aromatic heterocycles. The second kappa shape index (κ2) is 6.61. The van der Waals surface area contributed by atoms with Crippen LogP contribution in [0.4, 0.5) is 4.39 Å². The van der Waals surface area contributed by atoms with Gasteiger partial charge in [0.05, 0.1) is 16.6 Å². The minimum absolute atomic E-state index is 0.201. The fourth-order valence-corrected chi connectivity index (χ4v) is 3.20. The summed E-state index contributed by atoms with van der Waals surface area (Å²) in [5, 5.41) is 1.04. The number of nitrogens with zero attached hydrogens (tertiary/aromatic N) is 2. The molecule has 0 unspecified atom stereocenters. The monoisotopic (exact) mass is 340 g/mol. The molecular formula is C19H17FN2OS. The third-order valence-corrected chi connectivity index (χ3v) is 4.78. The van der Waals surface area contributed by atoms with Gasteiger partial charge in [0.2, 0.25) is 0 Å². The van der Waals surface area contributed by atoms with Crippen LogP contribution in [0.5, 0.6) is 0 Å². The molecule has 2 aromatic carbocycles. The molecule has 24 heavy (non-hydrogen) atoms. The molecule has 0 atom stereocenters. The number of hydrogen-bond donors (Lipinski definition) is 0. The second-order valence-electron chi connectivity index (χ2n) is 5.73. The summed E-state index contributed by atoms with van der Waals surface area (Å²) in [6.45, 7) is 7.50. The van der Waals surface area contributed by atoms with Crippen LogP contribution in [0.1, 0.15) is 12.5 Å². The second-order valence-corrected chi connectivity index (χ2v) is 6.67. The number of halogens is 1. The smallest absolute Gasteiger partial charge is 0.266 e. The molecule has 0 radical (unpaired) electrons. The van der Waals surface area contributed by atoms with Gasteiger partial charge in [-0.25, -0.2) is 9.37 Å². The van der Waals surface area contributed by atoms with Crippen LogP contribution in [-0.2, 0) is 0 Å². The van der Waals surface area contributed by atoms with Crippen LogP contribution >= 0.6 is 11.8 Å². The Labute approximate surface area is 143 Å². The summed E-state index contributed by atoms with van der Waals surface area (Å²) in [6, 6.07) is 12.0. The number of thioether (sulfide) groups is 1. The molecule has 3 aromatic rings. The van der Waals surface area contributed by atoms with Crippen molar-refractivity contribution in [3.63, 3.8) is 0 Å². The van der Waals surface area contributed by atoms with Gasteiger partial charge in [-0.3, -0.25) is 9.36 Å². The van der Waals surface area contributed by atoms with Gasteiger partial charge in [-0.2, -0.15) is 0 Å². The van der Waals surface area contributed by atoms with Crippen molar-refractivity contribution in [1.29, 1.82) is 0 Å². The number of aromatic nitrogens is 2. The maximum Gasteiger partial charge on any atom is 0.266 e. The van der Waals surface area contributed by atoms with E-state index in [1.54, 1.807) is 31.2 Å². The fraction of sp³-hybridized carbons (Fsp3) is 0.158. The summed E-state index contributed by atoms with van der Waals surface area (Å²) in [6.07, 6.45) is 0. The molecule has 0 fully saturated rings. The fourth-order valence-electron chi connectivity index (χ4n) is 2.35. The van der Waals surface area contributed by atoms with Crippen LogP contribution in [-0.4, -0.2) is 15.3 Å². The van der Waals surface area contributed by atoms with Crippen molar-refractivity contribution < 1.29 is 4.39 Å². The van der Waals surface area contributed by atoms with Gasteiger partial charge in [-0.15, -0.1) is 0 Å². The average molecular weight is 340 g/mol. The summed E-state index contributed by atoms with van der Waals surface area (Å²) >= 11 is 1.42. The van der Waals surface area contributed by atoms with Crippen molar-refractivity contribution in [3.05, 3.63) is 76.4 Å². The molecule has 3 nitrogen and oxygen atoms in total. The van der Waals surface area contributed by atoms with Gasteiger partial charge < -0.3 is 0 Å². The van der Waals surface area contributed by atoms with Gasteiger partial charge in [0.15, 0.2) is 5.16 Å². The van der Waals surface area contributed by atoms with E-state index < -0.39 is 0 Å². The first-order valence-corrected chi connectivity index (χ1v) is 8.51. The van der Waals surface area contributed by atoms with Crippen molar-refractivity contribution in [3.8, 4) is 5.69 Å². The minimum Gasteiger partial charge on any atom is -0.268 e. The van der Waals surface area contributed by atoms with E-state index in [2.05, 4.69) is 11.6 Å². The molecule has 3 rings (SSSR count). The molecule has 0 saturated carbocycles. The molecule has 0 aliphatic rings. The summed E-state index contributed by atoms with van der Waals surface area (Å²) in [4.78, 5) is 17.6. The van der Waals surface area contributed by atoms with Crippen molar-refractivity contribution in [2.75, 3.05) is 5.75 Å². The Bertz CT molecular complexity index is 994. The molecule has 1 heterocycles. The Balaban J connectivity index is 2.27. The summed E-state index contributed by atoms with van der Waals surface area (Å²) in [5.41, 5.74) is 2.43. The SMILES string of the molecule is C=C(C)CSc1nc2ccccc2c(=O)n1-c1ccc(C)c(F)c1. The van der Waals surface area contributed by atoms with Crippen LogP contribution in [0.25, 0.3) is 16.6 Å². The van der Waals surface area contributed by atoms with Crippen LogP contribution in [0.15, 0.2) is 64.6 Å². The topological polar surface area (TPSA) is 34.9 Å². The van der Waals surface area contributed by atoms with Gasteiger partial charge >= 0.3 is 0 Å². The zero-order valence-corrected chi connectivity index (χ0v) is 14.4. The number of para-hydroxylation sites is 1. The van der Waals surface area contributed by atoms with E-state index in [0.29, 0.717) is 33.1 Å². The largest absolute Gasteiger partial charge is 0.268 e. The molecule has 0 aliphatic heterocycles. The summed E-state index contributed by atoms with van der Waals surface area (Å²) in [5.74, 6) is 0.294. The van der Waals surface area contributed by atoms with E-state index in [0.717, 1.165) is 5.57 Å². The van der Waals surface area contributed by atoms with Gasteiger partial charge in [0, 0.05) is 5.75 Å². The molecule has 0 aliphatic carbocycles. The van der Waals surface area contributed by atoms with Crippen molar-refractivity contribution in [1.82, 2.24) is 9.55 Å². The van der Waals surface area contributed by atoms with Crippen LogP contribution < -0.4 is 5.56 Å². The Morgan fingerprint density at radius 2 is 2.04 bits per heavy atom. The highest BCUT2D eigenvalue weighted by molar-refractivity contribution is 7.99. The lowest BCUT2D eigenvalue weighted by Gasteiger charge is -2.13. The molecule has 0 saturated heterocycles. The van der Waals surface area contributed by atoms with E-state index >= 15 is 0 Å². The molecule has 0 amide bonds. The zero-order valence-electron chi connectivity index (χ0n) is 13.5. The highest BCUT2D eigenvalue weighted by atomic mass is 32.2. The zero-order chi connectivity index (χ0) is 17.3. The van der Waals surface area contributed by atoms with Crippen LogP contribution in [0.2, 0.25) is 0 Å². The minimum atomic E-state index is -0.344. The number of benzene rings is 2. The van der Waals surface area contributed by atoms with Crippen LogP contribution in [0, 0.1) is 12.7 Å². The third-order valence-electron chi connectivity index (χ3n) is 3.61. The van der Waals surface area contributed by atoms with Crippen LogP contribution in [0.3, 0.4) is 0 Å². The predicted octanol–water partition coefficient (Wildman–Crippen LogP) is 4.50. The van der Waals surface area contributed by atoms with Gasteiger partial charge in [-0.1, -0.05) is 42.1 Å². The lowest BCUT2D eigenvalue weighted by Crippen LogP contribution is -2.22. The summed E-state index contributed by atoms with van der Waals surface area (Å²) < 4.78 is 15.5. The van der Waals surface area contributed by atoms with Gasteiger partial charge in [0.25, 0.3) is 5.56 Å². The standard InChI is InChI=1S/C19H17FN2OS/c1-12(2)11-24-19-21-17-7-5-4-6-15(17)18(23)22(19)14-9-8-13(3)16(20)10-14/h4-10H,1,11H2,2-3H3. The van der Waals surface area contributed by atoms with E-state index in [-0.39, 0.29) is 11.4 Å².